The highest BCUT2D eigenvalue weighted by atomic mass is 16.7. The third-order valence-corrected chi connectivity index (χ3v) is 2.04. The number of methoxy groups -OCH3 is 1. The quantitative estimate of drug-likeness (QED) is 0.718. The Bertz CT molecular complexity index is 297. The van der Waals surface area contributed by atoms with E-state index in [9.17, 15) is 0 Å². The standard InChI is InChI=1S/C10H12O3.C2H6/c1-11-7-13-10-3-2-8-5-12-6-9(8)4-10;1-2/h2-4H,5-7H2,1H3;1-2H3. The number of hydrogen-bond donors (Lipinski definition) is 0. The van der Waals surface area contributed by atoms with Gasteiger partial charge < -0.3 is 14.2 Å². The number of rotatable bonds is 3. The van der Waals surface area contributed by atoms with Gasteiger partial charge in [-0.05, 0) is 23.3 Å². The van der Waals surface area contributed by atoms with E-state index in [1.54, 1.807) is 7.11 Å². The molecule has 3 nitrogen and oxygen atoms in total. The minimum atomic E-state index is 0.291. The summed E-state index contributed by atoms with van der Waals surface area (Å²) in [7, 11) is 1.61. The van der Waals surface area contributed by atoms with Crippen LogP contribution in [0.4, 0.5) is 0 Å². The summed E-state index contributed by atoms with van der Waals surface area (Å²) in [5, 5.41) is 0. The molecular formula is C12H18O3. The van der Waals surface area contributed by atoms with E-state index in [-0.39, 0.29) is 0 Å². The zero-order valence-corrected chi connectivity index (χ0v) is 9.58. The summed E-state index contributed by atoms with van der Waals surface area (Å²) in [4.78, 5) is 0. The normalized spacial score (nSPS) is 12.7. The molecule has 0 unspecified atom stereocenters. The highest BCUT2D eigenvalue weighted by Gasteiger charge is 2.11. The van der Waals surface area contributed by atoms with Crippen LogP contribution < -0.4 is 4.74 Å². The molecule has 1 aromatic carbocycles. The Kier molecular flexibility index (Phi) is 5.15. The molecule has 0 saturated heterocycles. The molecular weight excluding hydrogens is 192 g/mol. The van der Waals surface area contributed by atoms with Crippen LogP contribution in [0.15, 0.2) is 18.2 Å². The van der Waals surface area contributed by atoms with Crippen LogP contribution in [0, 0.1) is 0 Å². The Morgan fingerprint density at radius 3 is 2.67 bits per heavy atom. The summed E-state index contributed by atoms with van der Waals surface area (Å²) < 4.78 is 15.4. The molecule has 1 aromatic rings. The molecule has 0 saturated carbocycles. The molecule has 84 valence electrons. The Balaban J connectivity index is 0.000000531. The Labute approximate surface area is 91.0 Å². The minimum absolute atomic E-state index is 0.291. The fraction of sp³-hybridized carbons (Fsp3) is 0.500. The van der Waals surface area contributed by atoms with E-state index in [2.05, 4.69) is 0 Å². The van der Waals surface area contributed by atoms with E-state index in [1.807, 2.05) is 32.0 Å². The van der Waals surface area contributed by atoms with E-state index in [0.717, 1.165) is 12.4 Å². The van der Waals surface area contributed by atoms with Crippen molar-refractivity contribution >= 4 is 0 Å². The maximum Gasteiger partial charge on any atom is 0.188 e. The van der Waals surface area contributed by atoms with Crippen molar-refractivity contribution in [2.24, 2.45) is 0 Å². The molecule has 15 heavy (non-hydrogen) atoms. The first kappa shape index (κ1) is 12.0. The highest BCUT2D eigenvalue weighted by molar-refractivity contribution is 5.36. The molecule has 0 aliphatic carbocycles. The van der Waals surface area contributed by atoms with Crippen molar-refractivity contribution in [1.82, 2.24) is 0 Å². The lowest BCUT2D eigenvalue weighted by Gasteiger charge is -2.05. The largest absolute Gasteiger partial charge is 0.468 e. The second-order valence-electron chi connectivity index (χ2n) is 2.97. The molecule has 0 bridgehead atoms. The third-order valence-electron chi connectivity index (χ3n) is 2.04. The van der Waals surface area contributed by atoms with Crippen LogP contribution in [0.2, 0.25) is 0 Å². The van der Waals surface area contributed by atoms with Crippen molar-refractivity contribution in [3.8, 4) is 5.75 Å². The molecule has 1 heterocycles. The van der Waals surface area contributed by atoms with Gasteiger partial charge in [0.2, 0.25) is 0 Å². The molecule has 0 radical (unpaired) electrons. The lowest BCUT2D eigenvalue weighted by atomic mass is 10.1. The lowest BCUT2D eigenvalue weighted by Crippen LogP contribution is -1.99. The lowest BCUT2D eigenvalue weighted by molar-refractivity contribution is 0.0510. The van der Waals surface area contributed by atoms with Crippen molar-refractivity contribution in [1.29, 1.82) is 0 Å². The summed E-state index contributed by atoms with van der Waals surface area (Å²) in [6.07, 6.45) is 0. The van der Waals surface area contributed by atoms with Crippen LogP contribution in [0.25, 0.3) is 0 Å². The van der Waals surface area contributed by atoms with Crippen molar-refractivity contribution in [3.63, 3.8) is 0 Å². The molecule has 2 rings (SSSR count). The van der Waals surface area contributed by atoms with Gasteiger partial charge in [0.05, 0.1) is 13.2 Å². The first-order valence-corrected chi connectivity index (χ1v) is 5.21. The summed E-state index contributed by atoms with van der Waals surface area (Å²) in [5.74, 6) is 0.839. The van der Waals surface area contributed by atoms with Gasteiger partial charge in [0, 0.05) is 7.11 Å². The molecule has 1 aliphatic heterocycles. The van der Waals surface area contributed by atoms with E-state index in [4.69, 9.17) is 14.2 Å². The van der Waals surface area contributed by atoms with Crippen molar-refractivity contribution < 1.29 is 14.2 Å². The second-order valence-corrected chi connectivity index (χ2v) is 2.97. The van der Waals surface area contributed by atoms with Crippen molar-refractivity contribution in [3.05, 3.63) is 29.3 Å². The fourth-order valence-corrected chi connectivity index (χ4v) is 1.37. The smallest absolute Gasteiger partial charge is 0.188 e. The molecule has 0 spiro atoms. The monoisotopic (exact) mass is 210 g/mol. The van der Waals surface area contributed by atoms with Crippen LogP contribution in [-0.2, 0) is 22.7 Å². The van der Waals surface area contributed by atoms with Crippen LogP contribution >= 0.6 is 0 Å². The second kappa shape index (κ2) is 6.43. The average molecular weight is 210 g/mol. The van der Waals surface area contributed by atoms with Gasteiger partial charge in [-0.15, -0.1) is 0 Å². The van der Waals surface area contributed by atoms with E-state index in [0.29, 0.717) is 13.4 Å². The fourth-order valence-electron chi connectivity index (χ4n) is 1.37. The van der Waals surface area contributed by atoms with Gasteiger partial charge in [0.15, 0.2) is 6.79 Å². The zero-order chi connectivity index (χ0) is 11.1. The number of hydrogen-bond acceptors (Lipinski definition) is 3. The number of fused-ring (bicyclic) bond motifs is 1. The maximum absolute atomic E-state index is 5.30. The Morgan fingerprint density at radius 2 is 1.93 bits per heavy atom. The minimum Gasteiger partial charge on any atom is -0.468 e. The van der Waals surface area contributed by atoms with Gasteiger partial charge in [-0.1, -0.05) is 19.9 Å². The average Bonchev–Trinajstić information content (AvgIpc) is 2.76. The highest BCUT2D eigenvalue weighted by Crippen LogP contribution is 2.24. The van der Waals surface area contributed by atoms with Gasteiger partial charge >= 0.3 is 0 Å². The van der Waals surface area contributed by atoms with Crippen molar-refractivity contribution in [2.75, 3.05) is 13.9 Å². The first-order valence-electron chi connectivity index (χ1n) is 5.21. The predicted octanol–water partition coefficient (Wildman–Crippen LogP) is 2.73. The molecule has 0 amide bonds. The van der Waals surface area contributed by atoms with Gasteiger partial charge in [0.1, 0.15) is 5.75 Å². The molecule has 0 atom stereocenters. The summed E-state index contributed by atoms with van der Waals surface area (Å²) >= 11 is 0. The SMILES string of the molecule is CC.COCOc1ccc2c(c1)COC2. The molecule has 1 aliphatic rings. The summed E-state index contributed by atoms with van der Waals surface area (Å²) in [6.45, 7) is 5.71. The number of ether oxygens (including phenoxy) is 3. The Morgan fingerprint density at radius 1 is 1.20 bits per heavy atom. The van der Waals surface area contributed by atoms with Gasteiger partial charge in [-0.3, -0.25) is 0 Å². The molecule has 0 N–H and O–H groups in total. The van der Waals surface area contributed by atoms with Crippen LogP contribution in [-0.4, -0.2) is 13.9 Å². The van der Waals surface area contributed by atoms with Crippen LogP contribution in [0.3, 0.4) is 0 Å². The third kappa shape index (κ3) is 3.22. The van der Waals surface area contributed by atoms with Gasteiger partial charge in [-0.25, -0.2) is 0 Å². The molecule has 0 aromatic heterocycles. The van der Waals surface area contributed by atoms with E-state index >= 15 is 0 Å². The topological polar surface area (TPSA) is 27.7 Å². The summed E-state index contributed by atoms with van der Waals surface area (Å²) in [6, 6.07) is 5.97. The van der Waals surface area contributed by atoms with Crippen molar-refractivity contribution in [2.45, 2.75) is 27.1 Å². The molecule has 0 fully saturated rings. The van der Waals surface area contributed by atoms with Crippen LogP contribution in [0.1, 0.15) is 25.0 Å². The summed E-state index contributed by atoms with van der Waals surface area (Å²) in [5.41, 5.74) is 2.47. The zero-order valence-electron chi connectivity index (χ0n) is 9.58. The van der Waals surface area contributed by atoms with Gasteiger partial charge in [0.25, 0.3) is 0 Å². The van der Waals surface area contributed by atoms with Crippen LogP contribution in [0.5, 0.6) is 5.75 Å². The Hall–Kier alpha value is -1.06. The predicted molar refractivity (Wildman–Crippen MR) is 58.8 cm³/mol. The van der Waals surface area contributed by atoms with E-state index < -0.39 is 0 Å². The number of benzene rings is 1. The molecule has 3 heteroatoms. The first-order chi connectivity index (χ1) is 7.40. The van der Waals surface area contributed by atoms with E-state index in [1.165, 1.54) is 11.1 Å². The van der Waals surface area contributed by atoms with Gasteiger partial charge in [-0.2, -0.15) is 0 Å². The maximum atomic E-state index is 5.30.